The predicted octanol–water partition coefficient (Wildman–Crippen LogP) is 5.34. The lowest BCUT2D eigenvalue weighted by atomic mass is 9.66. The molecule has 1 saturated carbocycles. The van der Waals surface area contributed by atoms with Crippen molar-refractivity contribution in [3.05, 3.63) is 44.3 Å². The largest absolute Gasteiger partial charge is 0.299 e. The van der Waals surface area contributed by atoms with Gasteiger partial charge in [-0.25, -0.2) is 0 Å². The van der Waals surface area contributed by atoms with Gasteiger partial charge in [0.25, 0.3) is 0 Å². The molecule has 4 heteroatoms. The molecule has 2 aromatic rings. The quantitative estimate of drug-likeness (QED) is 0.712. The number of nitrogens with zero attached hydrogens (tertiary/aromatic N) is 2. The van der Waals surface area contributed by atoms with Crippen molar-refractivity contribution in [3.8, 4) is 0 Å². The van der Waals surface area contributed by atoms with E-state index in [9.17, 15) is 0 Å². The summed E-state index contributed by atoms with van der Waals surface area (Å²) in [6.45, 7) is 5.96. The fourth-order valence-corrected chi connectivity index (χ4v) is 7.01. The maximum atomic E-state index is 2.71. The van der Waals surface area contributed by atoms with E-state index in [1.54, 1.807) is 4.88 Å². The molecule has 1 aliphatic carbocycles. The number of aryl methyl sites for hydroxylation is 1. The third kappa shape index (κ3) is 3.34. The van der Waals surface area contributed by atoms with E-state index in [1.807, 2.05) is 22.7 Å². The number of hydrogen-bond acceptors (Lipinski definition) is 4. The fourth-order valence-electron chi connectivity index (χ4n) is 5.01. The van der Waals surface area contributed by atoms with E-state index in [2.05, 4.69) is 60.5 Å². The van der Waals surface area contributed by atoms with Crippen molar-refractivity contribution >= 4 is 22.7 Å². The Morgan fingerprint density at radius 3 is 2.48 bits per heavy atom. The standard InChI is InChI=1S/C21H30N2S2/c1-17-6-7-18(25-17)15-23-13-12-20(16-23)8-10-21(11-9-20,22(2)3)19-5-4-14-24-19/h4-7,14H,8-13,15-16H2,1-3H3. The Balaban J connectivity index is 1.43. The van der Waals surface area contributed by atoms with Gasteiger partial charge in [0.15, 0.2) is 0 Å². The van der Waals surface area contributed by atoms with Crippen LogP contribution in [0.25, 0.3) is 0 Å². The van der Waals surface area contributed by atoms with E-state index in [0.29, 0.717) is 5.41 Å². The molecule has 0 N–H and O–H groups in total. The Kier molecular flexibility index (Phi) is 4.82. The SMILES string of the molecule is Cc1ccc(CN2CCC3(CCC(c4cccs4)(N(C)C)CC3)C2)s1. The van der Waals surface area contributed by atoms with Crippen LogP contribution in [0.5, 0.6) is 0 Å². The van der Waals surface area contributed by atoms with E-state index in [0.717, 1.165) is 6.54 Å². The van der Waals surface area contributed by atoms with E-state index in [4.69, 9.17) is 0 Å². The van der Waals surface area contributed by atoms with Gasteiger partial charge < -0.3 is 0 Å². The molecule has 25 heavy (non-hydrogen) atoms. The van der Waals surface area contributed by atoms with Crippen molar-refractivity contribution in [2.24, 2.45) is 5.41 Å². The summed E-state index contributed by atoms with van der Waals surface area (Å²) in [7, 11) is 4.55. The summed E-state index contributed by atoms with van der Waals surface area (Å²) in [5, 5.41) is 2.24. The Labute approximate surface area is 160 Å². The molecule has 0 amide bonds. The summed E-state index contributed by atoms with van der Waals surface area (Å²) in [5.74, 6) is 0. The summed E-state index contributed by atoms with van der Waals surface area (Å²) >= 11 is 3.91. The molecule has 136 valence electrons. The van der Waals surface area contributed by atoms with Gasteiger partial charge in [0.05, 0.1) is 5.54 Å². The van der Waals surface area contributed by atoms with Crippen LogP contribution in [0.15, 0.2) is 29.6 Å². The minimum absolute atomic E-state index is 0.275. The smallest absolute Gasteiger partial charge is 0.0549 e. The highest BCUT2D eigenvalue weighted by molar-refractivity contribution is 7.11. The minimum atomic E-state index is 0.275. The van der Waals surface area contributed by atoms with Crippen molar-refractivity contribution in [1.82, 2.24) is 9.80 Å². The Morgan fingerprint density at radius 2 is 1.88 bits per heavy atom. The van der Waals surface area contributed by atoms with Crippen LogP contribution in [-0.4, -0.2) is 37.0 Å². The molecule has 2 nitrogen and oxygen atoms in total. The molecule has 2 aromatic heterocycles. The summed E-state index contributed by atoms with van der Waals surface area (Å²) in [4.78, 5) is 9.74. The zero-order chi connectivity index (χ0) is 17.5. The van der Waals surface area contributed by atoms with Crippen LogP contribution in [-0.2, 0) is 12.1 Å². The highest BCUT2D eigenvalue weighted by atomic mass is 32.1. The number of thiophene rings is 2. The van der Waals surface area contributed by atoms with Gasteiger partial charge in [-0.05, 0) is 88.7 Å². The first kappa shape index (κ1) is 17.7. The third-order valence-electron chi connectivity index (χ3n) is 6.67. The molecule has 1 saturated heterocycles. The average Bonchev–Trinajstić information content (AvgIpc) is 3.32. The highest BCUT2D eigenvalue weighted by Gasteiger charge is 2.47. The lowest BCUT2D eigenvalue weighted by molar-refractivity contribution is 0.0405. The molecule has 1 spiro atoms. The second-order valence-corrected chi connectivity index (χ2v) is 10.7. The van der Waals surface area contributed by atoms with Gasteiger partial charge in [0, 0.05) is 27.7 Å². The zero-order valence-electron chi connectivity index (χ0n) is 15.8. The molecular weight excluding hydrogens is 344 g/mol. The second kappa shape index (κ2) is 6.80. The lowest BCUT2D eigenvalue weighted by Gasteiger charge is -2.48. The molecule has 0 aromatic carbocycles. The van der Waals surface area contributed by atoms with Crippen LogP contribution in [0, 0.1) is 12.3 Å². The molecule has 4 rings (SSSR count). The van der Waals surface area contributed by atoms with Crippen molar-refractivity contribution < 1.29 is 0 Å². The fraction of sp³-hybridized carbons (Fsp3) is 0.619. The molecule has 0 radical (unpaired) electrons. The van der Waals surface area contributed by atoms with Crippen LogP contribution < -0.4 is 0 Å². The normalized spacial score (nSPS) is 30.6. The lowest BCUT2D eigenvalue weighted by Crippen LogP contribution is -2.47. The summed E-state index contributed by atoms with van der Waals surface area (Å²) in [6.07, 6.45) is 6.77. The van der Waals surface area contributed by atoms with Gasteiger partial charge in [0.1, 0.15) is 0 Å². The topological polar surface area (TPSA) is 6.48 Å². The first-order chi connectivity index (χ1) is 12.0. The summed E-state index contributed by atoms with van der Waals surface area (Å²) < 4.78 is 0. The van der Waals surface area contributed by atoms with Gasteiger partial charge in [0.2, 0.25) is 0 Å². The molecule has 0 unspecified atom stereocenters. The first-order valence-electron chi connectivity index (χ1n) is 9.51. The average molecular weight is 375 g/mol. The number of likely N-dealkylation sites (tertiary alicyclic amines) is 1. The van der Waals surface area contributed by atoms with Crippen LogP contribution >= 0.6 is 22.7 Å². The van der Waals surface area contributed by atoms with Gasteiger partial charge in [-0.3, -0.25) is 9.80 Å². The van der Waals surface area contributed by atoms with Crippen LogP contribution in [0.1, 0.15) is 46.7 Å². The molecule has 2 aliphatic rings. The van der Waals surface area contributed by atoms with Gasteiger partial charge >= 0.3 is 0 Å². The van der Waals surface area contributed by atoms with Gasteiger partial charge in [-0.15, -0.1) is 22.7 Å². The van der Waals surface area contributed by atoms with E-state index in [-0.39, 0.29) is 5.54 Å². The number of hydrogen-bond donors (Lipinski definition) is 0. The van der Waals surface area contributed by atoms with Crippen molar-refractivity contribution in [2.45, 2.75) is 51.1 Å². The van der Waals surface area contributed by atoms with E-state index in [1.165, 1.54) is 54.9 Å². The summed E-state index contributed by atoms with van der Waals surface area (Å²) in [5.41, 5.74) is 0.848. The van der Waals surface area contributed by atoms with Crippen molar-refractivity contribution in [3.63, 3.8) is 0 Å². The molecule has 1 aliphatic heterocycles. The van der Waals surface area contributed by atoms with E-state index < -0.39 is 0 Å². The van der Waals surface area contributed by atoms with Crippen molar-refractivity contribution in [2.75, 3.05) is 27.2 Å². The minimum Gasteiger partial charge on any atom is -0.299 e. The van der Waals surface area contributed by atoms with Crippen LogP contribution in [0.2, 0.25) is 0 Å². The van der Waals surface area contributed by atoms with Crippen molar-refractivity contribution in [1.29, 1.82) is 0 Å². The maximum Gasteiger partial charge on any atom is 0.0549 e. The van der Waals surface area contributed by atoms with Crippen LogP contribution in [0.3, 0.4) is 0 Å². The van der Waals surface area contributed by atoms with Crippen LogP contribution in [0.4, 0.5) is 0 Å². The molecule has 3 heterocycles. The molecular formula is C21H30N2S2. The number of rotatable bonds is 4. The van der Waals surface area contributed by atoms with Gasteiger partial charge in [-0.2, -0.15) is 0 Å². The molecule has 0 bridgehead atoms. The van der Waals surface area contributed by atoms with E-state index >= 15 is 0 Å². The molecule has 0 atom stereocenters. The first-order valence-corrected chi connectivity index (χ1v) is 11.2. The maximum absolute atomic E-state index is 2.71. The predicted molar refractivity (Wildman–Crippen MR) is 110 cm³/mol. The Bertz CT molecular complexity index is 693. The molecule has 2 fully saturated rings. The van der Waals surface area contributed by atoms with Gasteiger partial charge in [-0.1, -0.05) is 6.07 Å². The Hall–Kier alpha value is -0.680. The zero-order valence-corrected chi connectivity index (χ0v) is 17.4. The third-order valence-corrected chi connectivity index (χ3v) is 8.72. The Morgan fingerprint density at radius 1 is 1.08 bits per heavy atom. The highest BCUT2D eigenvalue weighted by Crippen LogP contribution is 2.52. The summed E-state index contributed by atoms with van der Waals surface area (Å²) in [6, 6.07) is 9.15. The second-order valence-electron chi connectivity index (χ2n) is 8.38. The monoisotopic (exact) mass is 374 g/mol.